The lowest BCUT2D eigenvalue weighted by Crippen LogP contribution is -2.45. The summed E-state index contributed by atoms with van der Waals surface area (Å²) in [6, 6.07) is 12.7. The standard InChI is InChI=1S/C22H30N2O3/c1-17-7-5-6-8-18(17)15-23-11-13-24(14-12-23)16-19-9-10-20(25-2)22(27-4)21(19)26-3/h5-10H,11-16H2,1-4H3. The lowest BCUT2D eigenvalue weighted by Gasteiger charge is -2.35. The molecule has 27 heavy (non-hydrogen) atoms. The first-order valence-corrected chi connectivity index (χ1v) is 9.43. The SMILES string of the molecule is COc1ccc(CN2CCN(Cc3ccccc3C)CC2)c(OC)c1OC. The molecule has 0 unspecified atom stereocenters. The van der Waals surface area contributed by atoms with Crippen LogP contribution in [0.15, 0.2) is 36.4 Å². The summed E-state index contributed by atoms with van der Waals surface area (Å²) in [4.78, 5) is 5.00. The predicted molar refractivity (Wildman–Crippen MR) is 108 cm³/mol. The number of benzene rings is 2. The van der Waals surface area contributed by atoms with Crippen LogP contribution in [0, 0.1) is 6.92 Å². The fraction of sp³-hybridized carbons (Fsp3) is 0.455. The molecule has 1 aliphatic rings. The molecule has 5 heteroatoms. The van der Waals surface area contributed by atoms with Crippen LogP contribution in [0.5, 0.6) is 17.2 Å². The van der Waals surface area contributed by atoms with Gasteiger partial charge in [0.1, 0.15) is 0 Å². The maximum Gasteiger partial charge on any atom is 0.203 e. The molecule has 0 atom stereocenters. The van der Waals surface area contributed by atoms with Crippen molar-refractivity contribution in [3.63, 3.8) is 0 Å². The Balaban J connectivity index is 1.62. The van der Waals surface area contributed by atoms with Crippen molar-refractivity contribution in [2.24, 2.45) is 0 Å². The summed E-state index contributed by atoms with van der Waals surface area (Å²) in [6.07, 6.45) is 0. The zero-order valence-electron chi connectivity index (χ0n) is 16.8. The second kappa shape index (κ2) is 9.11. The Morgan fingerprint density at radius 3 is 1.85 bits per heavy atom. The second-order valence-corrected chi connectivity index (χ2v) is 6.97. The van der Waals surface area contributed by atoms with Crippen molar-refractivity contribution in [1.29, 1.82) is 0 Å². The number of methoxy groups -OCH3 is 3. The Morgan fingerprint density at radius 1 is 0.704 bits per heavy atom. The number of hydrogen-bond donors (Lipinski definition) is 0. The Labute approximate surface area is 162 Å². The Kier molecular flexibility index (Phi) is 6.58. The van der Waals surface area contributed by atoms with Gasteiger partial charge in [-0.1, -0.05) is 30.3 Å². The summed E-state index contributed by atoms with van der Waals surface area (Å²) in [7, 11) is 4.97. The van der Waals surface area contributed by atoms with Crippen LogP contribution >= 0.6 is 0 Å². The molecule has 1 aliphatic heterocycles. The highest BCUT2D eigenvalue weighted by molar-refractivity contribution is 5.55. The largest absolute Gasteiger partial charge is 0.493 e. The van der Waals surface area contributed by atoms with Crippen LogP contribution < -0.4 is 14.2 Å². The van der Waals surface area contributed by atoms with Crippen molar-refractivity contribution < 1.29 is 14.2 Å². The lowest BCUT2D eigenvalue weighted by atomic mass is 10.1. The minimum absolute atomic E-state index is 0.663. The molecule has 0 bridgehead atoms. The molecular formula is C22H30N2O3. The summed E-state index contributed by atoms with van der Waals surface area (Å²) in [6.45, 7) is 8.30. The van der Waals surface area contributed by atoms with E-state index in [-0.39, 0.29) is 0 Å². The smallest absolute Gasteiger partial charge is 0.203 e. The first-order chi connectivity index (χ1) is 13.2. The highest BCUT2D eigenvalue weighted by atomic mass is 16.5. The van der Waals surface area contributed by atoms with E-state index in [1.807, 2.05) is 6.07 Å². The van der Waals surface area contributed by atoms with Gasteiger partial charge in [0.2, 0.25) is 5.75 Å². The van der Waals surface area contributed by atoms with Crippen LogP contribution in [-0.4, -0.2) is 57.3 Å². The molecule has 5 nitrogen and oxygen atoms in total. The van der Waals surface area contributed by atoms with E-state index in [2.05, 4.69) is 47.1 Å². The van der Waals surface area contributed by atoms with Gasteiger partial charge in [-0.2, -0.15) is 0 Å². The van der Waals surface area contributed by atoms with Gasteiger partial charge in [-0.15, -0.1) is 0 Å². The van der Waals surface area contributed by atoms with E-state index in [0.717, 1.165) is 50.6 Å². The number of piperazine rings is 1. The molecule has 1 saturated heterocycles. The minimum Gasteiger partial charge on any atom is -0.493 e. The molecule has 1 heterocycles. The van der Waals surface area contributed by atoms with Crippen molar-refractivity contribution in [2.75, 3.05) is 47.5 Å². The first kappa shape index (κ1) is 19.5. The summed E-state index contributed by atoms with van der Waals surface area (Å²) < 4.78 is 16.5. The van der Waals surface area contributed by atoms with Crippen LogP contribution in [0.25, 0.3) is 0 Å². The van der Waals surface area contributed by atoms with Crippen molar-refractivity contribution >= 4 is 0 Å². The Morgan fingerprint density at radius 2 is 1.30 bits per heavy atom. The van der Waals surface area contributed by atoms with Gasteiger partial charge in [0, 0.05) is 44.8 Å². The monoisotopic (exact) mass is 370 g/mol. The van der Waals surface area contributed by atoms with Gasteiger partial charge in [0.05, 0.1) is 21.3 Å². The van der Waals surface area contributed by atoms with Crippen LogP contribution in [0.1, 0.15) is 16.7 Å². The molecule has 0 aromatic heterocycles. The van der Waals surface area contributed by atoms with E-state index < -0.39 is 0 Å². The average Bonchev–Trinajstić information content (AvgIpc) is 2.70. The predicted octanol–water partition coefficient (Wildman–Crippen LogP) is 3.34. The van der Waals surface area contributed by atoms with Crippen molar-refractivity contribution in [1.82, 2.24) is 9.80 Å². The lowest BCUT2D eigenvalue weighted by molar-refractivity contribution is 0.121. The Bertz CT molecular complexity index is 755. The fourth-order valence-electron chi connectivity index (χ4n) is 3.66. The molecule has 0 saturated carbocycles. The maximum atomic E-state index is 5.62. The molecule has 0 spiro atoms. The third-order valence-electron chi connectivity index (χ3n) is 5.30. The number of nitrogens with zero attached hydrogens (tertiary/aromatic N) is 2. The Hall–Kier alpha value is -2.24. The third kappa shape index (κ3) is 4.54. The normalized spacial score (nSPS) is 15.6. The van der Waals surface area contributed by atoms with E-state index in [1.54, 1.807) is 21.3 Å². The maximum absolute atomic E-state index is 5.62. The number of aryl methyl sites for hydroxylation is 1. The van der Waals surface area contributed by atoms with Gasteiger partial charge in [-0.25, -0.2) is 0 Å². The van der Waals surface area contributed by atoms with Gasteiger partial charge in [-0.3, -0.25) is 9.80 Å². The van der Waals surface area contributed by atoms with Gasteiger partial charge < -0.3 is 14.2 Å². The van der Waals surface area contributed by atoms with Crippen LogP contribution in [0.3, 0.4) is 0 Å². The average molecular weight is 370 g/mol. The molecular weight excluding hydrogens is 340 g/mol. The third-order valence-corrected chi connectivity index (χ3v) is 5.30. The van der Waals surface area contributed by atoms with Gasteiger partial charge >= 0.3 is 0 Å². The van der Waals surface area contributed by atoms with Gasteiger partial charge in [0.25, 0.3) is 0 Å². The molecule has 2 aromatic carbocycles. The number of ether oxygens (including phenoxy) is 3. The van der Waals surface area contributed by atoms with Gasteiger partial charge in [0.15, 0.2) is 11.5 Å². The van der Waals surface area contributed by atoms with Crippen LogP contribution in [-0.2, 0) is 13.1 Å². The minimum atomic E-state index is 0.663. The molecule has 0 N–H and O–H groups in total. The molecule has 2 aromatic rings. The highest BCUT2D eigenvalue weighted by Gasteiger charge is 2.21. The number of hydrogen-bond acceptors (Lipinski definition) is 5. The van der Waals surface area contributed by atoms with E-state index in [9.17, 15) is 0 Å². The van der Waals surface area contributed by atoms with E-state index >= 15 is 0 Å². The van der Waals surface area contributed by atoms with Crippen molar-refractivity contribution in [2.45, 2.75) is 20.0 Å². The molecule has 146 valence electrons. The fourth-order valence-corrected chi connectivity index (χ4v) is 3.66. The summed E-state index contributed by atoms with van der Waals surface area (Å²) in [5.41, 5.74) is 3.92. The molecule has 0 aliphatic carbocycles. The zero-order valence-corrected chi connectivity index (χ0v) is 16.8. The van der Waals surface area contributed by atoms with E-state index in [1.165, 1.54) is 11.1 Å². The van der Waals surface area contributed by atoms with Gasteiger partial charge in [-0.05, 0) is 24.1 Å². The molecule has 3 rings (SSSR count). The zero-order chi connectivity index (χ0) is 19.2. The van der Waals surface area contributed by atoms with Crippen LogP contribution in [0.2, 0.25) is 0 Å². The first-order valence-electron chi connectivity index (χ1n) is 9.43. The highest BCUT2D eigenvalue weighted by Crippen LogP contribution is 2.40. The molecule has 0 amide bonds. The van der Waals surface area contributed by atoms with E-state index in [0.29, 0.717) is 11.5 Å². The summed E-state index contributed by atoms with van der Waals surface area (Å²) in [5, 5.41) is 0. The van der Waals surface area contributed by atoms with E-state index in [4.69, 9.17) is 14.2 Å². The molecule has 0 radical (unpaired) electrons. The van der Waals surface area contributed by atoms with Crippen LogP contribution in [0.4, 0.5) is 0 Å². The van der Waals surface area contributed by atoms with Crippen molar-refractivity contribution in [3.05, 3.63) is 53.1 Å². The topological polar surface area (TPSA) is 34.2 Å². The summed E-state index contributed by atoms with van der Waals surface area (Å²) >= 11 is 0. The summed E-state index contributed by atoms with van der Waals surface area (Å²) in [5.74, 6) is 2.12. The van der Waals surface area contributed by atoms with Crippen molar-refractivity contribution in [3.8, 4) is 17.2 Å². The quantitative estimate of drug-likeness (QED) is 0.747. The molecule has 1 fully saturated rings. The number of rotatable bonds is 7. The second-order valence-electron chi connectivity index (χ2n) is 6.97.